The summed E-state index contributed by atoms with van der Waals surface area (Å²) in [4.78, 5) is 0. The van der Waals surface area contributed by atoms with Crippen molar-refractivity contribution in [1.29, 1.82) is 0 Å². The van der Waals surface area contributed by atoms with Crippen LogP contribution in [0.15, 0.2) is 24.3 Å². The molecule has 2 fully saturated rings. The topological polar surface area (TPSA) is 35.2 Å². The Bertz CT molecular complexity index is 430. The second-order valence-corrected chi connectivity index (χ2v) is 5.97. The predicted molar refractivity (Wildman–Crippen MR) is 73.6 cm³/mol. The van der Waals surface area contributed by atoms with Crippen molar-refractivity contribution in [2.75, 3.05) is 13.7 Å². The minimum absolute atomic E-state index is 0.0183. The minimum Gasteiger partial charge on any atom is -0.374 e. The van der Waals surface area contributed by atoms with Crippen LogP contribution in [0.2, 0.25) is 0 Å². The van der Waals surface area contributed by atoms with Crippen molar-refractivity contribution in [3.63, 3.8) is 0 Å². The van der Waals surface area contributed by atoms with E-state index < -0.39 is 0 Å². The fourth-order valence-electron chi connectivity index (χ4n) is 3.52. The summed E-state index contributed by atoms with van der Waals surface area (Å²) in [6.07, 6.45) is 7.43. The van der Waals surface area contributed by atoms with Crippen LogP contribution in [-0.4, -0.2) is 13.7 Å². The molecular formula is C16H23NO. The van der Waals surface area contributed by atoms with Gasteiger partial charge in [0.2, 0.25) is 0 Å². The first-order valence-corrected chi connectivity index (χ1v) is 7.11. The van der Waals surface area contributed by atoms with Gasteiger partial charge in [-0.05, 0) is 36.8 Å². The van der Waals surface area contributed by atoms with Gasteiger partial charge in [-0.1, -0.05) is 37.1 Å². The van der Waals surface area contributed by atoms with E-state index in [2.05, 4.69) is 24.3 Å². The number of rotatable bonds is 4. The molecule has 1 aromatic rings. The van der Waals surface area contributed by atoms with Crippen molar-refractivity contribution < 1.29 is 4.74 Å². The molecule has 0 atom stereocenters. The fourth-order valence-corrected chi connectivity index (χ4v) is 3.52. The maximum atomic E-state index is 6.08. The molecule has 0 heterocycles. The Morgan fingerprint density at radius 2 is 1.78 bits per heavy atom. The van der Waals surface area contributed by atoms with Gasteiger partial charge < -0.3 is 10.5 Å². The molecule has 0 aromatic heterocycles. The summed E-state index contributed by atoms with van der Waals surface area (Å²) in [6.45, 7) is 0.774. The highest BCUT2D eigenvalue weighted by Crippen LogP contribution is 2.50. The van der Waals surface area contributed by atoms with Gasteiger partial charge in [0, 0.05) is 19.1 Å². The third kappa shape index (κ3) is 1.79. The standard InChI is InChI=1S/C16H23NO/c1-18-16(9-10-16)14-6-4-5-13(11-14)15(12-17)7-2-3-8-15/h4-6,11H,2-3,7-10,12,17H2,1H3. The molecule has 0 saturated heterocycles. The van der Waals surface area contributed by atoms with Crippen LogP contribution in [-0.2, 0) is 15.8 Å². The average Bonchev–Trinajstić information content (AvgIpc) is 3.09. The number of hydrogen-bond donors (Lipinski definition) is 1. The summed E-state index contributed by atoms with van der Waals surface area (Å²) in [5.41, 5.74) is 9.11. The third-order valence-electron chi connectivity index (χ3n) is 5.05. The Balaban J connectivity index is 1.96. The van der Waals surface area contributed by atoms with Gasteiger partial charge in [0.1, 0.15) is 0 Å². The Morgan fingerprint density at radius 3 is 2.33 bits per heavy atom. The second-order valence-electron chi connectivity index (χ2n) is 5.97. The van der Waals surface area contributed by atoms with Crippen LogP contribution in [0.3, 0.4) is 0 Å². The molecule has 98 valence electrons. The Hall–Kier alpha value is -0.860. The number of methoxy groups -OCH3 is 1. The van der Waals surface area contributed by atoms with Gasteiger partial charge in [0.25, 0.3) is 0 Å². The maximum absolute atomic E-state index is 6.08. The monoisotopic (exact) mass is 245 g/mol. The first kappa shape index (κ1) is 12.2. The van der Waals surface area contributed by atoms with E-state index in [1.54, 1.807) is 0 Å². The first-order chi connectivity index (χ1) is 8.75. The summed E-state index contributed by atoms with van der Waals surface area (Å²) in [5, 5.41) is 0. The lowest BCUT2D eigenvalue weighted by atomic mass is 9.78. The molecule has 2 heteroatoms. The first-order valence-electron chi connectivity index (χ1n) is 7.11. The van der Waals surface area contributed by atoms with Gasteiger partial charge in [-0.25, -0.2) is 0 Å². The van der Waals surface area contributed by atoms with Crippen molar-refractivity contribution in [3.05, 3.63) is 35.4 Å². The Kier molecular flexibility index (Phi) is 2.95. The second kappa shape index (κ2) is 4.36. The molecule has 2 N–H and O–H groups in total. The van der Waals surface area contributed by atoms with Crippen LogP contribution in [0.5, 0.6) is 0 Å². The number of ether oxygens (including phenoxy) is 1. The molecule has 1 aromatic carbocycles. The van der Waals surface area contributed by atoms with Gasteiger partial charge >= 0.3 is 0 Å². The van der Waals surface area contributed by atoms with E-state index >= 15 is 0 Å². The van der Waals surface area contributed by atoms with Crippen LogP contribution in [0, 0.1) is 0 Å². The summed E-state index contributed by atoms with van der Waals surface area (Å²) in [7, 11) is 1.83. The Morgan fingerprint density at radius 1 is 1.11 bits per heavy atom. The van der Waals surface area contributed by atoms with Crippen LogP contribution < -0.4 is 5.73 Å². The molecule has 0 unspecified atom stereocenters. The van der Waals surface area contributed by atoms with E-state index in [-0.39, 0.29) is 11.0 Å². The molecule has 2 aliphatic carbocycles. The maximum Gasteiger partial charge on any atom is 0.0930 e. The molecule has 2 saturated carbocycles. The quantitative estimate of drug-likeness (QED) is 0.884. The Labute approximate surface area is 110 Å². The third-order valence-corrected chi connectivity index (χ3v) is 5.05. The highest BCUT2D eigenvalue weighted by atomic mass is 16.5. The van der Waals surface area contributed by atoms with Crippen LogP contribution in [0.25, 0.3) is 0 Å². The lowest BCUT2D eigenvalue weighted by molar-refractivity contribution is 0.0788. The van der Waals surface area contributed by atoms with Crippen molar-refractivity contribution in [2.45, 2.75) is 49.5 Å². The lowest BCUT2D eigenvalue weighted by Gasteiger charge is -2.29. The van der Waals surface area contributed by atoms with E-state index in [1.807, 2.05) is 7.11 Å². The lowest BCUT2D eigenvalue weighted by Crippen LogP contribution is -2.32. The summed E-state index contributed by atoms with van der Waals surface area (Å²) >= 11 is 0. The van der Waals surface area contributed by atoms with Crippen LogP contribution >= 0.6 is 0 Å². The van der Waals surface area contributed by atoms with E-state index in [0.717, 1.165) is 19.4 Å². The normalized spacial score (nSPS) is 24.1. The molecule has 3 rings (SSSR count). The van der Waals surface area contributed by atoms with E-state index in [9.17, 15) is 0 Å². The summed E-state index contributed by atoms with van der Waals surface area (Å²) in [6, 6.07) is 9.00. The zero-order valence-electron chi connectivity index (χ0n) is 11.2. The van der Waals surface area contributed by atoms with E-state index in [4.69, 9.17) is 10.5 Å². The van der Waals surface area contributed by atoms with Crippen molar-refractivity contribution in [1.82, 2.24) is 0 Å². The zero-order valence-corrected chi connectivity index (χ0v) is 11.2. The van der Waals surface area contributed by atoms with E-state index in [0.29, 0.717) is 0 Å². The molecule has 0 spiro atoms. The average molecular weight is 245 g/mol. The predicted octanol–water partition coefficient (Wildman–Crippen LogP) is 3.09. The van der Waals surface area contributed by atoms with Gasteiger partial charge in [0.05, 0.1) is 5.60 Å². The molecule has 2 aliphatic rings. The van der Waals surface area contributed by atoms with E-state index in [1.165, 1.54) is 36.8 Å². The van der Waals surface area contributed by atoms with Crippen molar-refractivity contribution in [3.8, 4) is 0 Å². The highest BCUT2D eigenvalue weighted by Gasteiger charge is 2.45. The highest BCUT2D eigenvalue weighted by molar-refractivity contribution is 5.37. The van der Waals surface area contributed by atoms with Crippen molar-refractivity contribution in [2.24, 2.45) is 5.73 Å². The summed E-state index contributed by atoms with van der Waals surface area (Å²) < 4.78 is 5.69. The molecule has 0 bridgehead atoms. The van der Waals surface area contributed by atoms with Gasteiger partial charge in [-0.15, -0.1) is 0 Å². The summed E-state index contributed by atoms with van der Waals surface area (Å²) in [5.74, 6) is 0. The molecule has 18 heavy (non-hydrogen) atoms. The molecule has 2 nitrogen and oxygen atoms in total. The van der Waals surface area contributed by atoms with Crippen molar-refractivity contribution >= 4 is 0 Å². The number of benzene rings is 1. The zero-order chi connectivity index (χ0) is 12.6. The molecule has 0 aliphatic heterocycles. The van der Waals surface area contributed by atoms with Gasteiger partial charge in [-0.2, -0.15) is 0 Å². The van der Waals surface area contributed by atoms with Gasteiger partial charge in [-0.3, -0.25) is 0 Å². The number of nitrogens with two attached hydrogens (primary N) is 1. The minimum atomic E-state index is 0.0183. The molecule has 0 amide bonds. The fraction of sp³-hybridized carbons (Fsp3) is 0.625. The van der Waals surface area contributed by atoms with Gasteiger partial charge in [0.15, 0.2) is 0 Å². The SMILES string of the molecule is COC1(c2cccc(C3(CN)CCCC3)c2)CC1. The number of hydrogen-bond acceptors (Lipinski definition) is 2. The molecule has 0 radical (unpaired) electrons. The van der Waals surface area contributed by atoms with Crippen LogP contribution in [0.4, 0.5) is 0 Å². The molecular weight excluding hydrogens is 222 g/mol. The van der Waals surface area contributed by atoms with Crippen LogP contribution in [0.1, 0.15) is 49.7 Å². The largest absolute Gasteiger partial charge is 0.374 e. The smallest absolute Gasteiger partial charge is 0.0930 e.